The van der Waals surface area contributed by atoms with Crippen LogP contribution in [0.25, 0.3) is 0 Å². The molecule has 0 fully saturated rings. The first-order valence-corrected chi connectivity index (χ1v) is 14.0. The number of hydrogen-bond acceptors (Lipinski definition) is 3. The monoisotopic (exact) mass is 473 g/mol. The number of hydrogen-bond donors (Lipinski definition) is 2. The van der Waals surface area contributed by atoms with Crippen LogP contribution in [0.4, 0.5) is 5.69 Å². The van der Waals surface area contributed by atoms with Crippen LogP contribution in [0.15, 0.2) is 24.3 Å². The number of unbranched alkanes of at least 4 members (excludes halogenated alkanes) is 13. The fraction of sp³-hybridized carbons (Fsp3) is 0.724. The summed E-state index contributed by atoms with van der Waals surface area (Å²) in [4.78, 5) is 26.2. The van der Waals surface area contributed by atoms with Gasteiger partial charge in [0.15, 0.2) is 0 Å². The summed E-state index contributed by atoms with van der Waals surface area (Å²) in [5.41, 5.74) is 1.53. The molecule has 2 amide bonds. The van der Waals surface area contributed by atoms with Crippen molar-refractivity contribution >= 4 is 17.5 Å². The molecule has 0 radical (unpaired) electrons. The van der Waals surface area contributed by atoms with Gasteiger partial charge in [-0.15, -0.1) is 0 Å². The van der Waals surface area contributed by atoms with E-state index >= 15 is 0 Å². The van der Waals surface area contributed by atoms with Crippen molar-refractivity contribution in [2.45, 2.75) is 111 Å². The minimum absolute atomic E-state index is 0.0120. The van der Waals surface area contributed by atoms with Crippen LogP contribution in [0.3, 0.4) is 0 Å². The molecule has 0 aliphatic carbocycles. The third-order valence-electron chi connectivity index (χ3n) is 6.49. The van der Waals surface area contributed by atoms with Gasteiger partial charge in [0.05, 0.1) is 6.54 Å². The predicted octanol–water partition coefficient (Wildman–Crippen LogP) is 7.18. The van der Waals surface area contributed by atoms with Gasteiger partial charge in [0.25, 0.3) is 5.91 Å². The van der Waals surface area contributed by atoms with Crippen molar-refractivity contribution in [1.82, 2.24) is 10.2 Å². The Morgan fingerprint density at radius 2 is 1.15 bits per heavy atom. The van der Waals surface area contributed by atoms with Crippen LogP contribution in [-0.4, -0.2) is 42.9 Å². The normalized spacial score (nSPS) is 10.8. The molecule has 1 aromatic carbocycles. The Kier molecular flexibility index (Phi) is 17.9. The van der Waals surface area contributed by atoms with Crippen molar-refractivity contribution in [2.75, 3.05) is 31.5 Å². The van der Waals surface area contributed by atoms with Crippen molar-refractivity contribution in [3.05, 3.63) is 29.8 Å². The molecule has 0 unspecified atom stereocenters. The second kappa shape index (κ2) is 20.3. The largest absolute Gasteiger partial charge is 0.376 e. The van der Waals surface area contributed by atoms with Crippen LogP contribution in [0.2, 0.25) is 0 Å². The molecule has 1 rings (SSSR count). The van der Waals surface area contributed by atoms with Gasteiger partial charge in [0.1, 0.15) is 0 Å². The van der Waals surface area contributed by atoms with Gasteiger partial charge >= 0.3 is 0 Å². The number of anilines is 1. The molecule has 2 N–H and O–H groups in total. The Hall–Kier alpha value is -2.04. The fourth-order valence-corrected chi connectivity index (χ4v) is 4.22. The second-order valence-corrected chi connectivity index (χ2v) is 9.35. The predicted molar refractivity (Wildman–Crippen MR) is 146 cm³/mol. The lowest BCUT2D eigenvalue weighted by molar-refractivity contribution is -0.119. The molecule has 5 nitrogen and oxygen atoms in total. The molecule has 0 aliphatic heterocycles. The smallest absolute Gasteiger partial charge is 0.253 e. The molecule has 0 saturated heterocycles. The Labute approximate surface area is 209 Å². The summed E-state index contributed by atoms with van der Waals surface area (Å²) in [6.07, 6.45) is 18.8. The molecule has 34 heavy (non-hydrogen) atoms. The van der Waals surface area contributed by atoms with Gasteiger partial charge in [-0.1, -0.05) is 90.4 Å². The van der Waals surface area contributed by atoms with Crippen molar-refractivity contribution in [3.8, 4) is 0 Å². The fourth-order valence-electron chi connectivity index (χ4n) is 4.22. The summed E-state index contributed by atoms with van der Waals surface area (Å²) in [6.45, 7) is 8.64. The van der Waals surface area contributed by atoms with Gasteiger partial charge in [0, 0.05) is 30.9 Å². The Morgan fingerprint density at radius 3 is 1.62 bits per heavy atom. The quantitative estimate of drug-likeness (QED) is 0.186. The maximum absolute atomic E-state index is 12.3. The summed E-state index contributed by atoms with van der Waals surface area (Å²) >= 11 is 0. The lowest BCUT2D eigenvalue weighted by Crippen LogP contribution is -2.31. The molecule has 0 spiro atoms. The number of nitrogens with zero attached hydrogens (tertiary/aromatic N) is 1. The van der Waals surface area contributed by atoms with Crippen molar-refractivity contribution in [1.29, 1.82) is 0 Å². The number of benzene rings is 1. The third-order valence-corrected chi connectivity index (χ3v) is 6.49. The average Bonchev–Trinajstić information content (AvgIpc) is 2.86. The number of carbonyl (C=O) groups excluding carboxylic acids is 2. The molecule has 0 heterocycles. The van der Waals surface area contributed by atoms with Crippen LogP contribution in [0.5, 0.6) is 0 Å². The van der Waals surface area contributed by atoms with E-state index in [0.29, 0.717) is 18.7 Å². The molecule has 0 saturated carbocycles. The van der Waals surface area contributed by atoms with E-state index in [-0.39, 0.29) is 18.4 Å². The van der Waals surface area contributed by atoms with E-state index in [9.17, 15) is 9.59 Å². The van der Waals surface area contributed by atoms with Crippen LogP contribution in [0.1, 0.15) is 121 Å². The van der Waals surface area contributed by atoms with Gasteiger partial charge in [-0.3, -0.25) is 9.59 Å². The van der Waals surface area contributed by atoms with E-state index in [2.05, 4.69) is 17.6 Å². The molecule has 5 heteroatoms. The van der Waals surface area contributed by atoms with Crippen molar-refractivity contribution in [2.24, 2.45) is 0 Å². The molecule has 0 aliphatic rings. The maximum atomic E-state index is 12.3. The molecular weight excluding hydrogens is 422 g/mol. The zero-order chi connectivity index (χ0) is 24.9. The molecular formula is C29H51N3O2. The zero-order valence-corrected chi connectivity index (χ0v) is 22.3. The lowest BCUT2D eigenvalue weighted by atomic mass is 10.0. The third kappa shape index (κ3) is 14.3. The molecule has 0 aromatic heterocycles. The van der Waals surface area contributed by atoms with E-state index in [1.54, 1.807) is 4.90 Å². The number of rotatable bonds is 21. The minimum Gasteiger partial charge on any atom is -0.376 e. The van der Waals surface area contributed by atoms with Crippen molar-refractivity contribution < 1.29 is 9.59 Å². The van der Waals surface area contributed by atoms with Crippen LogP contribution < -0.4 is 10.6 Å². The highest BCUT2D eigenvalue weighted by molar-refractivity contribution is 5.94. The molecule has 194 valence electrons. The maximum Gasteiger partial charge on any atom is 0.253 e. The summed E-state index contributed by atoms with van der Waals surface area (Å²) in [6, 6.07) is 7.35. The topological polar surface area (TPSA) is 61.4 Å². The summed E-state index contributed by atoms with van der Waals surface area (Å²) in [5.74, 6) is 0.0560. The van der Waals surface area contributed by atoms with Crippen LogP contribution in [-0.2, 0) is 4.79 Å². The van der Waals surface area contributed by atoms with E-state index in [4.69, 9.17) is 0 Å². The highest BCUT2D eigenvalue weighted by atomic mass is 16.2. The first-order valence-electron chi connectivity index (χ1n) is 14.0. The summed E-state index contributed by atoms with van der Waals surface area (Å²) in [5, 5.41) is 6.13. The standard InChI is InChI=1S/C29H51N3O2/c1-4-7-8-9-10-11-12-13-14-15-16-17-18-19-24-30-28(33)25-31-27-22-20-26(21-23-27)29(34)32(5-2)6-3/h20-23,31H,4-19,24-25H2,1-3H3,(H,30,33). The van der Waals surface area contributed by atoms with Gasteiger partial charge in [-0.2, -0.15) is 0 Å². The Bertz CT molecular complexity index is 641. The summed E-state index contributed by atoms with van der Waals surface area (Å²) in [7, 11) is 0. The van der Waals surface area contributed by atoms with Gasteiger partial charge in [-0.05, 0) is 44.5 Å². The first-order chi connectivity index (χ1) is 16.6. The number of carbonyl (C=O) groups is 2. The van der Waals surface area contributed by atoms with E-state index in [1.807, 2.05) is 38.1 Å². The molecule has 0 atom stereocenters. The zero-order valence-electron chi connectivity index (χ0n) is 22.3. The highest BCUT2D eigenvalue weighted by Crippen LogP contribution is 2.13. The Balaban J connectivity index is 1.98. The second-order valence-electron chi connectivity index (χ2n) is 9.35. The number of amides is 2. The SMILES string of the molecule is CCCCCCCCCCCCCCCCNC(=O)CNc1ccc(C(=O)N(CC)CC)cc1. The summed E-state index contributed by atoms with van der Waals surface area (Å²) < 4.78 is 0. The van der Waals surface area contributed by atoms with Gasteiger partial charge in [0.2, 0.25) is 5.91 Å². The molecule has 0 bridgehead atoms. The highest BCUT2D eigenvalue weighted by Gasteiger charge is 2.12. The van der Waals surface area contributed by atoms with Crippen LogP contribution in [0, 0.1) is 0 Å². The van der Waals surface area contributed by atoms with E-state index < -0.39 is 0 Å². The Morgan fingerprint density at radius 1 is 0.676 bits per heavy atom. The lowest BCUT2D eigenvalue weighted by Gasteiger charge is -2.18. The first kappa shape index (κ1) is 30.0. The van der Waals surface area contributed by atoms with Crippen molar-refractivity contribution in [3.63, 3.8) is 0 Å². The van der Waals surface area contributed by atoms with Gasteiger partial charge in [-0.25, -0.2) is 0 Å². The number of nitrogens with one attached hydrogen (secondary N) is 2. The van der Waals surface area contributed by atoms with E-state index in [1.165, 1.54) is 83.5 Å². The van der Waals surface area contributed by atoms with Gasteiger partial charge < -0.3 is 15.5 Å². The van der Waals surface area contributed by atoms with E-state index in [0.717, 1.165) is 18.7 Å². The minimum atomic E-state index is 0.0120. The molecule has 1 aromatic rings. The van der Waals surface area contributed by atoms with Crippen LogP contribution >= 0.6 is 0 Å². The average molecular weight is 474 g/mol.